The summed E-state index contributed by atoms with van der Waals surface area (Å²) in [7, 11) is 4.84. The monoisotopic (exact) mass is 379 g/mol. The van der Waals surface area contributed by atoms with Gasteiger partial charge < -0.3 is 19.5 Å². The Balaban J connectivity index is 1.93. The van der Waals surface area contributed by atoms with E-state index in [1.807, 2.05) is 56.3 Å². The number of ether oxygens (including phenoxy) is 3. The third-order valence-electron chi connectivity index (χ3n) is 4.93. The Bertz CT molecular complexity index is 1010. The maximum Gasteiger partial charge on any atom is 0.252 e. The predicted molar refractivity (Wildman–Crippen MR) is 111 cm³/mol. The zero-order chi connectivity index (χ0) is 20.3. The number of carbonyl (C=O) groups is 1. The van der Waals surface area contributed by atoms with Crippen molar-refractivity contribution in [3.8, 4) is 17.2 Å². The van der Waals surface area contributed by atoms with Gasteiger partial charge in [0.15, 0.2) is 11.5 Å². The van der Waals surface area contributed by atoms with E-state index < -0.39 is 0 Å². The number of amides is 1. The highest BCUT2D eigenvalue weighted by molar-refractivity contribution is 6.08. The van der Waals surface area contributed by atoms with Gasteiger partial charge in [-0.1, -0.05) is 24.3 Å². The van der Waals surface area contributed by atoms with Gasteiger partial charge in [0, 0.05) is 10.9 Å². The number of methoxy groups -OCH3 is 3. The first-order valence-corrected chi connectivity index (χ1v) is 9.09. The highest BCUT2D eigenvalue weighted by Crippen LogP contribution is 2.33. The smallest absolute Gasteiger partial charge is 0.252 e. The minimum Gasteiger partial charge on any atom is -0.496 e. The highest BCUT2D eigenvalue weighted by atomic mass is 16.5. The van der Waals surface area contributed by atoms with E-state index in [4.69, 9.17) is 14.2 Å². The molecule has 0 saturated heterocycles. The van der Waals surface area contributed by atoms with Crippen LogP contribution in [0.15, 0.2) is 48.5 Å². The molecule has 0 fully saturated rings. The molecule has 0 aliphatic carbocycles. The van der Waals surface area contributed by atoms with Gasteiger partial charge in [-0.2, -0.15) is 0 Å². The minimum absolute atomic E-state index is 0.138. The van der Waals surface area contributed by atoms with Crippen LogP contribution in [0.3, 0.4) is 0 Å². The van der Waals surface area contributed by atoms with Crippen LogP contribution in [0.25, 0.3) is 10.8 Å². The number of rotatable bonds is 6. The average molecular weight is 379 g/mol. The molecular weight excluding hydrogens is 354 g/mol. The van der Waals surface area contributed by atoms with Crippen molar-refractivity contribution >= 4 is 16.7 Å². The van der Waals surface area contributed by atoms with Crippen molar-refractivity contribution in [2.24, 2.45) is 0 Å². The predicted octanol–water partition coefficient (Wildman–Crippen LogP) is 4.67. The fourth-order valence-electron chi connectivity index (χ4n) is 3.46. The molecule has 5 nitrogen and oxygen atoms in total. The molecule has 1 amide bonds. The second kappa shape index (κ2) is 8.21. The van der Waals surface area contributed by atoms with Gasteiger partial charge in [0.2, 0.25) is 0 Å². The number of fused-ring (bicyclic) bond motifs is 1. The number of carbonyl (C=O) groups excluding carboxylic acids is 1. The van der Waals surface area contributed by atoms with E-state index >= 15 is 0 Å². The Morgan fingerprint density at radius 3 is 2.11 bits per heavy atom. The average Bonchev–Trinajstić information content (AvgIpc) is 2.72. The normalized spacial score (nSPS) is 11.8. The maximum absolute atomic E-state index is 13.0. The minimum atomic E-state index is -0.201. The van der Waals surface area contributed by atoms with Crippen LogP contribution in [0.4, 0.5) is 0 Å². The summed E-state index contributed by atoms with van der Waals surface area (Å²) >= 11 is 0. The molecule has 0 spiro atoms. The van der Waals surface area contributed by atoms with E-state index in [9.17, 15) is 4.79 Å². The molecular formula is C23H25NO4. The van der Waals surface area contributed by atoms with Crippen LogP contribution in [0.1, 0.15) is 34.5 Å². The van der Waals surface area contributed by atoms with Crippen molar-refractivity contribution in [2.45, 2.75) is 19.9 Å². The van der Waals surface area contributed by atoms with E-state index in [2.05, 4.69) is 5.32 Å². The molecule has 1 N–H and O–H groups in total. The summed E-state index contributed by atoms with van der Waals surface area (Å²) < 4.78 is 16.2. The van der Waals surface area contributed by atoms with Crippen LogP contribution in [-0.4, -0.2) is 27.2 Å². The molecule has 1 atom stereocenters. The molecule has 0 aromatic heterocycles. The lowest BCUT2D eigenvalue weighted by molar-refractivity contribution is 0.0941. The molecule has 0 radical (unpaired) electrons. The Morgan fingerprint density at radius 1 is 0.857 bits per heavy atom. The van der Waals surface area contributed by atoms with Crippen LogP contribution in [-0.2, 0) is 0 Å². The second-order valence-electron chi connectivity index (χ2n) is 6.62. The van der Waals surface area contributed by atoms with Gasteiger partial charge in [-0.05, 0) is 54.6 Å². The van der Waals surface area contributed by atoms with Crippen LogP contribution in [0.5, 0.6) is 17.2 Å². The van der Waals surface area contributed by atoms with Crippen molar-refractivity contribution in [1.29, 1.82) is 0 Å². The van der Waals surface area contributed by atoms with Crippen LogP contribution in [0.2, 0.25) is 0 Å². The molecule has 0 saturated carbocycles. The quantitative estimate of drug-likeness (QED) is 0.676. The van der Waals surface area contributed by atoms with E-state index in [1.54, 1.807) is 27.4 Å². The molecule has 3 rings (SSSR count). The Labute approximate surface area is 165 Å². The van der Waals surface area contributed by atoms with Crippen LogP contribution in [0, 0.1) is 6.92 Å². The third-order valence-corrected chi connectivity index (χ3v) is 4.93. The molecule has 28 heavy (non-hydrogen) atoms. The summed E-state index contributed by atoms with van der Waals surface area (Å²) in [6.07, 6.45) is 0. The van der Waals surface area contributed by atoms with Crippen molar-refractivity contribution < 1.29 is 19.0 Å². The summed E-state index contributed by atoms with van der Waals surface area (Å²) in [5.41, 5.74) is 2.61. The van der Waals surface area contributed by atoms with Crippen LogP contribution < -0.4 is 19.5 Å². The molecule has 3 aromatic carbocycles. The van der Waals surface area contributed by atoms with Gasteiger partial charge in [0.05, 0.1) is 27.4 Å². The van der Waals surface area contributed by atoms with E-state index in [0.29, 0.717) is 17.1 Å². The van der Waals surface area contributed by atoms with Crippen molar-refractivity contribution in [3.05, 3.63) is 65.2 Å². The van der Waals surface area contributed by atoms with E-state index in [1.165, 1.54) is 0 Å². The lowest BCUT2D eigenvalue weighted by Crippen LogP contribution is -2.27. The van der Waals surface area contributed by atoms with Gasteiger partial charge in [-0.15, -0.1) is 0 Å². The first kappa shape index (κ1) is 19.5. The fraction of sp³-hybridized carbons (Fsp3) is 0.261. The lowest BCUT2D eigenvalue weighted by Gasteiger charge is -2.20. The molecule has 0 aliphatic rings. The number of benzene rings is 3. The molecule has 0 heterocycles. The Kier molecular flexibility index (Phi) is 5.73. The van der Waals surface area contributed by atoms with Crippen molar-refractivity contribution in [1.82, 2.24) is 5.32 Å². The maximum atomic E-state index is 13.0. The van der Waals surface area contributed by atoms with Crippen molar-refractivity contribution in [3.63, 3.8) is 0 Å². The van der Waals surface area contributed by atoms with E-state index in [-0.39, 0.29) is 11.9 Å². The number of nitrogens with one attached hydrogen (secondary N) is 1. The second-order valence-corrected chi connectivity index (χ2v) is 6.62. The zero-order valence-electron chi connectivity index (χ0n) is 16.8. The van der Waals surface area contributed by atoms with Crippen molar-refractivity contribution in [2.75, 3.05) is 21.3 Å². The lowest BCUT2D eigenvalue weighted by atomic mass is 9.99. The van der Waals surface area contributed by atoms with Gasteiger partial charge in [0.1, 0.15) is 5.75 Å². The van der Waals surface area contributed by atoms with Crippen LogP contribution >= 0.6 is 0 Å². The summed E-state index contributed by atoms with van der Waals surface area (Å²) in [5.74, 6) is 1.92. The number of hydrogen-bond donors (Lipinski definition) is 1. The Hall–Kier alpha value is -3.21. The largest absolute Gasteiger partial charge is 0.496 e. The molecule has 0 aliphatic heterocycles. The summed E-state index contributed by atoms with van der Waals surface area (Å²) in [5, 5.41) is 4.86. The summed E-state index contributed by atoms with van der Waals surface area (Å²) in [6.45, 7) is 3.95. The molecule has 3 aromatic rings. The standard InChI is InChI=1S/C23H25NO4/c1-14-12-21(27-4)22(28-5)13-19(14)15(2)24-23(25)18-10-11-20(26-3)17-9-7-6-8-16(17)18/h6-13,15H,1-5H3,(H,24,25). The topological polar surface area (TPSA) is 56.8 Å². The number of hydrogen-bond acceptors (Lipinski definition) is 4. The first-order chi connectivity index (χ1) is 13.5. The van der Waals surface area contributed by atoms with Gasteiger partial charge >= 0.3 is 0 Å². The third kappa shape index (κ3) is 3.60. The van der Waals surface area contributed by atoms with Gasteiger partial charge in [0.25, 0.3) is 5.91 Å². The summed E-state index contributed by atoms with van der Waals surface area (Å²) in [4.78, 5) is 13.0. The summed E-state index contributed by atoms with van der Waals surface area (Å²) in [6, 6.07) is 15.0. The first-order valence-electron chi connectivity index (χ1n) is 9.09. The Morgan fingerprint density at radius 2 is 1.46 bits per heavy atom. The van der Waals surface area contributed by atoms with Gasteiger partial charge in [-0.25, -0.2) is 0 Å². The number of aryl methyl sites for hydroxylation is 1. The SMILES string of the molecule is COc1cc(C)c(C(C)NC(=O)c2ccc(OC)c3ccccc23)cc1OC. The zero-order valence-corrected chi connectivity index (χ0v) is 16.8. The van der Waals surface area contributed by atoms with E-state index in [0.717, 1.165) is 27.6 Å². The highest BCUT2D eigenvalue weighted by Gasteiger charge is 2.18. The van der Waals surface area contributed by atoms with Gasteiger partial charge in [-0.3, -0.25) is 4.79 Å². The fourth-order valence-corrected chi connectivity index (χ4v) is 3.46. The molecule has 5 heteroatoms. The molecule has 146 valence electrons. The molecule has 0 bridgehead atoms. The molecule has 1 unspecified atom stereocenters.